The van der Waals surface area contributed by atoms with Crippen LogP contribution in [0.3, 0.4) is 0 Å². The van der Waals surface area contributed by atoms with Crippen LogP contribution in [0.2, 0.25) is 10.0 Å². The first-order chi connectivity index (χ1) is 14.3. The number of nitrogens with one attached hydrogen (secondary N) is 2. The predicted molar refractivity (Wildman–Crippen MR) is 123 cm³/mol. The second-order valence-corrected chi connectivity index (χ2v) is 8.09. The van der Waals surface area contributed by atoms with Crippen molar-refractivity contribution in [1.29, 1.82) is 0 Å². The van der Waals surface area contributed by atoms with Crippen LogP contribution in [0.15, 0.2) is 42.5 Å². The smallest absolute Gasteiger partial charge is 0.322 e. The lowest BCUT2D eigenvalue weighted by molar-refractivity contribution is -0.116. The molecular formula is C21H25Cl2N5O2. The zero-order valence-corrected chi connectivity index (χ0v) is 18.2. The molecule has 1 aliphatic heterocycles. The maximum atomic E-state index is 12.6. The molecule has 1 unspecified atom stereocenters. The van der Waals surface area contributed by atoms with E-state index in [2.05, 4.69) is 15.5 Å². The molecule has 9 heteroatoms. The summed E-state index contributed by atoms with van der Waals surface area (Å²) in [5.41, 5.74) is 7.84. The summed E-state index contributed by atoms with van der Waals surface area (Å²) in [6.07, 6.45) is 0.283. The Bertz CT molecular complexity index is 877. The van der Waals surface area contributed by atoms with Crippen molar-refractivity contribution in [2.24, 2.45) is 5.73 Å². The molecule has 7 nitrogen and oxygen atoms in total. The third-order valence-electron chi connectivity index (χ3n) is 4.79. The lowest BCUT2D eigenvalue weighted by atomic mass is 10.2. The van der Waals surface area contributed by atoms with Crippen molar-refractivity contribution < 1.29 is 9.59 Å². The number of hydrogen-bond donors (Lipinski definition) is 3. The largest absolute Gasteiger partial charge is 0.368 e. The molecule has 160 valence electrons. The van der Waals surface area contributed by atoms with Crippen LogP contribution in [-0.2, 0) is 4.79 Å². The molecule has 3 rings (SSSR count). The Labute approximate surface area is 186 Å². The van der Waals surface area contributed by atoms with Crippen molar-refractivity contribution in [3.63, 3.8) is 0 Å². The van der Waals surface area contributed by atoms with Gasteiger partial charge in [-0.25, -0.2) is 4.79 Å². The fourth-order valence-electron chi connectivity index (χ4n) is 3.23. The molecule has 0 saturated carbocycles. The maximum absolute atomic E-state index is 12.6. The molecule has 0 aromatic heterocycles. The average Bonchev–Trinajstić information content (AvgIpc) is 2.71. The van der Waals surface area contributed by atoms with Crippen LogP contribution in [0, 0.1) is 0 Å². The van der Waals surface area contributed by atoms with Crippen molar-refractivity contribution in [3.05, 3.63) is 52.5 Å². The van der Waals surface area contributed by atoms with Gasteiger partial charge in [0.2, 0.25) is 5.91 Å². The minimum atomic E-state index is -0.225. The van der Waals surface area contributed by atoms with Gasteiger partial charge in [0, 0.05) is 50.0 Å². The molecule has 4 N–H and O–H groups in total. The molecule has 30 heavy (non-hydrogen) atoms. The number of para-hydroxylation sites is 1. The van der Waals surface area contributed by atoms with E-state index in [1.807, 2.05) is 24.3 Å². The Morgan fingerprint density at radius 1 is 1.00 bits per heavy atom. The van der Waals surface area contributed by atoms with Gasteiger partial charge in [-0.3, -0.25) is 4.79 Å². The van der Waals surface area contributed by atoms with E-state index >= 15 is 0 Å². The van der Waals surface area contributed by atoms with Gasteiger partial charge in [-0.1, -0.05) is 29.3 Å². The van der Waals surface area contributed by atoms with E-state index in [9.17, 15) is 9.59 Å². The number of carbonyl (C=O) groups is 2. The second-order valence-electron chi connectivity index (χ2n) is 7.28. The third kappa shape index (κ3) is 5.78. The number of rotatable bonds is 5. The van der Waals surface area contributed by atoms with Gasteiger partial charge in [0.25, 0.3) is 0 Å². The molecule has 3 amide bonds. The molecule has 2 aromatic rings. The number of carbonyl (C=O) groups excluding carboxylic acids is 2. The topological polar surface area (TPSA) is 90.7 Å². The fourth-order valence-corrected chi connectivity index (χ4v) is 3.72. The van der Waals surface area contributed by atoms with E-state index in [0.717, 1.165) is 11.4 Å². The standard InChI is InChI=1S/C21H25Cl2N5O2/c1-14(24)13-19(29)25-15-5-7-16(8-6-15)27-9-11-28(12-10-27)21(30)26-20-17(22)3-2-4-18(20)23/h2-8,14H,9-13,24H2,1H3,(H,25,29)(H,26,30). The van der Waals surface area contributed by atoms with Crippen molar-refractivity contribution in [2.75, 3.05) is 41.7 Å². The van der Waals surface area contributed by atoms with Crippen LogP contribution in [0.25, 0.3) is 0 Å². The van der Waals surface area contributed by atoms with E-state index in [1.165, 1.54) is 0 Å². The highest BCUT2D eigenvalue weighted by atomic mass is 35.5. The van der Waals surface area contributed by atoms with Gasteiger partial charge in [-0.15, -0.1) is 0 Å². The van der Waals surface area contributed by atoms with Crippen LogP contribution < -0.4 is 21.3 Å². The highest BCUT2D eigenvalue weighted by Crippen LogP contribution is 2.30. The van der Waals surface area contributed by atoms with Gasteiger partial charge in [0.05, 0.1) is 15.7 Å². The van der Waals surface area contributed by atoms with Crippen molar-refractivity contribution in [2.45, 2.75) is 19.4 Å². The molecule has 2 aromatic carbocycles. The molecule has 0 bridgehead atoms. The summed E-state index contributed by atoms with van der Waals surface area (Å²) in [6, 6.07) is 12.4. The first-order valence-electron chi connectivity index (χ1n) is 9.74. The molecule has 1 saturated heterocycles. The van der Waals surface area contributed by atoms with E-state index in [-0.39, 0.29) is 24.4 Å². The molecule has 1 heterocycles. The molecule has 1 aliphatic rings. The van der Waals surface area contributed by atoms with Gasteiger partial charge in [0.1, 0.15) is 0 Å². The van der Waals surface area contributed by atoms with Crippen LogP contribution in [0.4, 0.5) is 21.9 Å². The van der Waals surface area contributed by atoms with Crippen LogP contribution in [0.5, 0.6) is 0 Å². The van der Waals surface area contributed by atoms with E-state index in [0.29, 0.717) is 41.9 Å². The lowest BCUT2D eigenvalue weighted by Gasteiger charge is -2.36. The summed E-state index contributed by atoms with van der Waals surface area (Å²) in [5.74, 6) is -0.101. The number of nitrogens with two attached hydrogens (primary N) is 1. The fraction of sp³-hybridized carbons (Fsp3) is 0.333. The van der Waals surface area contributed by atoms with Gasteiger partial charge in [-0.2, -0.15) is 0 Å². The zero-order chi connectivity index (χ0) is 21.7. The van der Waals surface area contributed by atoms with E-state index < -0.39 is 0 Å². The highest BCUT2D eigenvalue weighted by molar-refractivity contribution is 6.39. The number of halogens is 2. The SMILES string of the molecule is CC(N)CC(=O)Nc1ccc(N2CCN(C(=O)Nc3c(Cl)cccc3Cl)CC2)cc1. The second kappa shape index (κ2) is 10.0. The highest BCUT2D eigenvalue weighted by Gasteiger charge is 2.22. The summed E-state index contributed by atoms with van der Waals surface area (Å²) in [6.45, 7) is 4.33. The minimum Gasteiger partial charge on any atom is -0.368 e. The monoisotopic (exact) mass is 449 g/mol. The van der Waals surface area contributed by atoms with Gasteiger partial charge in [0.15, 0.2) is 0 Å². The Hall–Kier alpha value is -2.48. The zero-order valence-electron chi connectivity index (χ0n) is 16.7. The lowest BCUT2D eigenvalue weighted by Crippen LogP contribution is -2.50. The summed E-state index contributed by atoms with van der Waals surface area (Å²) in [7, 11) is 0. The number of anilines is 3. The van der Waals surface area contributed by atoms with Crippen molar-refractivity contribution >= 4 is 52.2 Å². The van der Waals surface area contributed by atoms with Gasteiger partial charge in [-0.05, 0) is 43.3 Å². The number of urea groups is 1. The average molecular weight is 450 g/mol. The number of nitrogens with zero attached hydrogens (tertiary/aromatic N) is 2. The number of hydrogen-bond acceptors (Lipinski definition) is 4. The Morgan fingerprint density at radius 2 is 1.60 bits per heavy atom. The van der Waals surface area contributed by atoms with E-state index in [4.69, 9.17) is 28.9 Å². The molecule has 0 spiro atoms. The summed E-state index contributed by atoms with van der Waals surface area (Å²) >= 11 is 12.3. The van der Waals surface area contributed by atoms with Crippen molar-refractivity contribution in [3.8, 4) is 0 Å². The predicted octanol–water partition coefficient (Wildman–Crippen LogP) is 4.02. The van der Waals surface area contributed by atoms with E-state index in [1.54, 1.807) is 30.0 Å². The summed E-state index contributed by atoms with van der Waals surface area (Å²) in [4.78, 5) is 28.3. The van der Waals surface area contributed by atoms with Crippen LogP contribution >= 0.6 is 23.2 Å². The van der Waals surface area contributed by atoms with Gasteiger partial charge >= 0.3 is 6.03 Å². The molecule has 1 atom stereocenters. The Morgan fingerprint density at radius 3 is 2.17 bits per heavy atom. The molecular weight excluding hydrogens is 425 g/mol. The quantitative estimate of drug-likeness (QED) is 0.642. The third-order valence-corrected chi connectivity index (χ3v) is 5.42. The Kier molecular flexibility index (Phi) is 7.42. The normalized spacial score (nSPS) is 14.9. The van der Waals surface area contributed by atoms with Crippen LogP contribution in [-0.4, -0.2) is 49.1 Å². The molecule has 0 aliphatic carbocycles. The number of amides is 3. The van der Waals surface area contributed by atoms with Crippen LogP contribution in [0.1, 0.15) is 13.3 Å². The van der Waals surface area contributed by atoms with Gasteiger partial charge < -0.3 is 26.2 Å². The first-order valence-corrected chi connectivity index (χ1v) is 10.5. The number of benzene rings is 2. The van der Waals surface area contributed by atoms with Crippen molar-refractivity contribution in [1.82, 2.24) is 4.90 Å². The Balaban J connectivity index is 1.52. The molecule has 0 radical (unpaired) electrons. The minimum absolute atomic E-state index is 0.101. The summed E-state index contributed by atoms with van der Waals surface area (Å²) in [5, 5.41) is 6.45. The molecule has 1 fully saturated rings. The summed E-state index contributed by atoms with van der Waals surface area (Å²) < 4.78 is 0. The maximum Gasteiger partial charge on any atom is 0.322 e. The number of piperazine rings is 1. The first kappa shape index (κ1) is 22.2.